The average molecular weight is 472 g/mol. The van der Waals surface area contributed by atoms with Gasteiger partial charge < -0.3 is 10.2 Å². The van der Waals surface area contributed by atoms with Crippen LogP contribution in [0.4, 0.5) is 23.4 Å². The van der Waals surface area contributed by atoms with E-state index in [1.165, 1.54) is 24.5 Å². The van der Waals surface area contributed by atoms with Crippen LogP contribution in [0.2, 0.25) is 0 Å². The maximum absolute atomic E-state index is 14.8. The second kappa shape index (κ2) is 8.62. The third-order valence-corrected chi connectivity index (χ3v) is 6.35. The van der Waals surface area contributed by atoms with Gasteiger partial charge in [-0.2, -0.15) is 13.2 Å². The highest BCUT2D eigenvalue weighted by molar-refractivity contribution is 6.00. The van der Waals surface area contributed by atoms with Crippen LogP contribution in [0.3, 0.4) is 0 Å². The maximum atomic E-state index is 14.8. The summed E-state index contributed by atoms with van der Waals surface area (Å²) >= 11 is 0. The van der Waals surface area contributed by atoms with Crippen molar-refractivity contribution in [2.75, 3.05) is 11.9 Å². The summed E-state index contributed by atoms with van der Waals surface area (Å²) in [5.41, 5.74) is -0.846. The summed E-state index contributed by atoms with van der Waals surface area (Å²) in [5.74, 6) is -0.377. The molecule has 11 heteroatoms. The molecule has 6 rings (SSSR count). The van der Waals surface area contributed by atoms with Gasteiger partial charge in [0.1, 0.15) is 11.6 Å². The lowest BCUT2D eigenvalue weighted by molar-refractivity contribution is -0.141. The van der Waals surface area contributed by atoms with E-state index in [0.29, 0.717) is 19.2 Å². The molecule has 3 aromatic rings. The fourth-order valence-electron chi connectivity index (χ4n) is 4.83. The van der Waals surface area contributed by atoms with Crippen LogP contribution >= 0.6 is 0 Å². The molecule has 0 spiro atoms. The van der Waals surface area contributed by atoms with Crippen LogP contribution in [0.25, 0.3) is 11.4 Å². The van der Waals surface area contributed by atoms with Crippen LogP contribution in [0.1, 0.15) is 35.3 Å². The van der Waals surface area contributed by atoms with Crippen molar-refractivity contribution in [3.05, 3.63) is 66.1 Å². The van der Waals surface area contributed by atoms with E-state index < -0.39 is 17.7 Å². The van der Waals surface area contributed by atoms with Crippen molar-refractivity contribution < 1.29 is 22.4 Å². The highest BCUT2D eigenvalue weighted by atomic mass is 19.4. The van der Waals surface area contributed by atoms with Gasteiger partial charge in [-0.15, -0.1) is 0 Å². The minimum atomic E-state index is -4.57. The highest BCUT2D eigenvalue weighted by Crippen LogP contribution is 2.38. The molecule has 2 saturated heterocycles. The van der Waals surface area contributed by atoms with Gasteiger partial charge in [0.2, 0.25) is 0 Å². The number of alkyl halides is 3. The number of hydrogen-bond donors (Lipinski definition) is 1. The summed E-state index contributed by atoms with van der Waals surface area (Å²) in [6.45, 7) is 0.520. The summed E-state index contributed by atoms with van der Waals surface area (Å²) < 4.78 is 53.1. The lowest BCUT2D eigenvalue weighted by Gasteiger charge is -2.50. The minimum absolute atomic E-state index is 0.0488. The van der Waals surface area contributed by atoms with Gasteiger partial charge in [0.15, 0.2) is 11.5 Å². The van der Waals surface area contributed by atoms with E-state index >= 15 is 0 Å². The number of anilines is 1. The maximum Gasteiger partial charge on any atom is 0.434 e. The summed E-state index contributed by atoms with van der Waals surface area (Å²) in [7, 11) is 0. The Morgan fingerprint density at radius 3 is 2.50 bits per heavy atom. The monoisotopic (exact) mass is 472 g/mol. The Balaban J connectivity index is 1.40. The number of carbonyl (C=O) groups excluding carboxylic acids is 1. The van der Waals surface area contributed by atoms with E-state index in [2.05, 4.69) is 25.3 Å². The fourth-order valence-corrected chi connectivity index (χ4v) is 4.83. The van der Waals surface area contributed by atoms with Gasteiger partial charge >= 0.3 is 6.18 Å². The predicted molar refractivity (Wildman–Crippen MR) is 114 cm³/mol. The Morgan fingerprint density at radius 1 is 1.03 bits per heavy atom. The third-order valence-electron chi connectivity index (χ3n) is 6.35. The van der Waals surface area contributed by atoms with E-state index in [0.717, 1.165) is 19.0 Å². The van der Waals surface area contributed by atoms with Crippen LogP contribution < -0.4 is 5.32 Å². The van der Waals surface area contributed by atoms with Crippen molar-refractivity contribution in [3.63, 3.8) is 0 Å². The zero-order valence-electron chi connectivity index (χ0n) is 17.8. The van der Waals surface area contributed by atoms with Gasteiger partial charge in [-0.3, -0.25) is 4.79 Å². The van der Waals surface area contributed by atoms with E-state index in [4.69, 9.17) is 0 Å². The number of aromatic nitrogens is 4. The first-order chi connectivity index (χ1) is 16.3. The smallest absolute Gasteiger partial charge is 0.364 e. The van der Waals surface area contributed by atoms with E-state index in [1.807, 2.05) is 0 Å². The normalized spacial score (nSPS) is 22.0. The van der Waals surface area contributed by atoms with E-state index in [-0.39, 0.29) is 46.7 Å². The van der Waals surface area contributed by atoms with Gasteiger partial charge in [-0.1, -0.05) is 6.07 Å². The first-order valence-electron chi connectivity index (χ1n) is 10.8. The van der Waals surface area contributed by atoms with Gasteiger partial charge in [0.05, 0.1) is 29.6 Å². The van der Waals surface area contributed by atoms with Crippen LogP contribution in [0.5, 0.6) is 0 Å². The molecule has 7 nitrogen and oxygen atoms in total. The molecule has 2 aromatic heterocycles. The number of nitrogens with zero attached hydrogens (tertiary/aromatic N) is 5. The summed E-state index contributed by atoms with van der Waals surface area (Å²) in [6.07, 6.45) is 2.53. The topological polar surface area (TPSA) is 83.9 Å². The van der Waals surface area contributed by atoms with Crippen molar-refractivity contribution in [3.8, 4) is 11.4 Å². The van der Waals surface area contributed by atoms with Crippen LogP contribution in [-0.4, -0.2) is 49.4 Å². The summed E-state index contributed by atoms with van der Waals surface area (Å²) in [4.78, 5) is 30.9. The molecule has 176 valence electrons. The van der Waals surface area contributed by atoms with Crippen LogP contribution in [-0.2, 0) is 6.18 Å². The van der Waals surface area contributed by atoms with Crippen molar-refractivity contribution in [2.24, 2.45) is 5.92 Å². The standard InChI is InChI=1S/C23H20F4N6O/c24-15-4-1-3-14(20(15)21-28-7-2-8-29-21)22(34)33-12-13-5-6-17(33)16(9-13)32-19-11-30-18(10-31-19)23(25,26)27/h1-4,7-8,10-11,13,16-17H,5-6,9,12H2,(H,31,32)/t13?,16-,17+/m1/s1. The second-order valence-corrected chi connectivity index (χ2v) is 8.47. The number of fused-ring (bicyclic) bond motifs is 3. The SMILES string of the molecule is O=C(c1cccc(F)c1-c1ncccn1)N1CC2CC[C@H]1[C@H](Nc1cnc(C(F)(F)F)cn1)C2. The zero-order valence-corrected chi connectivity index (χ0v) is 17.8. The molecule has 2 bridgehead atoms. The molecule has 0 radical (unpaired) electrons. The molecule has 2 aliphatic heterocycles. The first kappa shape index (κ1) is 22.2. The molecular formula is C23H20F4N6O. The lowest BCUT2D eigenvalue weighted by Crippen LogP contribution is -2.59. The van der Waals surface area contributed by atoms with E-state index in [9.17, 15) is 22.4 Å². The summed E-state index contributed by atoms with van der Waals surface area (Å²) in [6, 6.07) is 5.46. The number of benzene rings is 1. The molecule has 3 aliphatic rings. The highest BCUT2D eigenvalue weighted by Gasteiger charge is 2.44. The number of carbonyl (C=O) groups is 1. The Labute approximate surface area is 192 Å². The number of rotatable bonds is 4. The molecule has 34 heavy (non-hydrogen) atoms. The van der Waals surface area contributed by atoms with Crippen molar-refractivity contribution in [1.29, 1.82) is 0 Å². The second-order valence-electron chi connectivity index (χ2n) is 8.47. The van der Waals surface area contributed by atoms with Gasteiger partial charge in [0, 0.05) is 25.0 Å². The van der Waals surface area contributed by atoms with Gasteiger partial charge in [0.25, 0.3) is 5.91 Å². The Morgan fingerprint density at radius 2 is 1.82 bits per heavy atom. The van der Waals surface area contributed by atoms with Gasteiger partial charge in [-0.05, 0) is 43.4 Å². The first-order valence-corrected chi connectivity index (χ1v) is 10.8. The average Bonchev–Trinajstić information content (AvgIpc) is 2.84. The largest absolute Gasteiger partial charge is 0.434 e. The molecule has 4 heterocycles. The molecule has 1 N–H and O–H groups in total. The number of amides is 1. The molecular weight excluding hydrogens is 452 g/mol. The fraction of sp³-hybridized carbons (Fsp3) is 0.348. The molecule has 3 atom stereocenters. The van der Waals surface area contributed by atoms with Crippen molar-refractivity contribution >= 4 is 11.7 Å². The third kappa shape index (κ3) is 4.17. The Kier molecular flexibility index (Phi) is 5.62. The molecule has 1 aromatic carbocycles. The molecule has 1 unspecified atom stereocenters. The minimum Gasteiger partial charge on any atom is -0.364 e. The van der Waals surface area contributed by atoms with Crippen molar-refractivity contribution in [2.45, 2.75) is 37.5 Å². The van der Waals surface area contributed by atoms with E-state index in [1.54, 1.807) is 17.0 Å². The Bertz CT molecular complexity index is 1190. The molecule has 1 amide bonds. The van der Waals surface area contributed by atoms with Crippen LogP contribution in [0, 0.1) is 11.7 Å². The zero-order chi connectivity index (χ0) is 23.9. The lowest BCUT2D eigenvalue weighted by atomic mass is 9.76. The predicted octanol–water partition coefficient (Wildman–Crippen LogP) is 4.20. The molecule has 1 aliphatic carbocycles. The van der Waals surface area contributed by atoms with Gasteiger partial charge in [-0.25, -0.2) is 24.3 Å². The molecule has 1 saturated carbocycles. The summed E-state index contributed by atoms with van der Waals surface area (Å²) in [5, 5.41) is 3.15. The van der Waals surface area contributed by atoms with Crippen LogP contribution in [0.15, 0.2) is 49.1 Å². The Hall–Kier alpha value is -3.63. The molecule has 3 fully saturated rings. The number of halogens is 4. The number of nitrogens with one attached hydrogen (secondary N) is 1. The number of hydrogen-bond acceptors (Lipinski definition) is 6. The quantitative estimate of drug-likeness (QED) is 0.573. The number of piperidine rings is 2. The van der Waals surface area contributed by atoms with Crippen molar-refractivity contribution in [1.82, 2.24) is 24.8 Å².